The van der Waals surface area contributed by atoms with Gasteiger partial charge >= 0.3 is 0 Å². The molecule has 0 aliphatic heterocycles. The quantitative estimate of drug-likeness (QED) is 0.846. The van der Waals surface area contributed by atoms with Gasteiger partial charge in [-0.3, -0.25) is 9.89 Å². The van der Waals surface area contributed by atoms with E-state index in [0.717, 1.165) is 23.2 Å². The Morgan fingerprint density at radius 3 is 2.85 bits per heavy atom. The van der Waals surface area contributed by atoms with Crippen molar-refractivity contribution in [2.45, 2.75) is 26.5 Å². The fourth-order valence-electron chi connectivity index (χ4n) is 1.93. The largest absolute Gasteiger partial charge is 0.380 e. The number of aromatic amines is 1. The number of nitrogens with one attached hydrogen (secondary N) is 2. The van der Waals surface area contributed by atoms with E-state index < -0.39 is 0 Å². The van der Waals surface area contributed by atoms with E-state index in [1.807, 2.05) is 31.2 Å². The summed E-state index contributed by atoms with van der Waals surface area (Å²) in [6.07, 6.45) is 0.833. The second-order valence-corrected chi connectivity index (χ2v) is 4.57. The molecule has 0 fully saturated rings. The Morgan fingerprint density at radius 1 is 1.35 bits per heavy atom. The van der Waals surface area contributed by atoms with Crippen LogP contribution in [0.2, 0.25) is 0 Å². The molecule has 1 amide bonds. The molecule has 2 aromatic rings. The molecule has 2 rings (SSSR count). The lowest BCUT2D eigenvalue weighted by Crippen LogP contribution is -2.23. The number of benzene rings is 1. The highest BCUT2D eigenvalue weighted by molar-refractivity contribution is 5.92. The first-order valence-corrected chi connectivity index (χ1v) is 6.62. The Balaban J connectivity index is 1.94. The zero-order valence-corrected chi connectivity index (χ0v) is 11.8. The Hall–Kier alpha value is -2.14. The molecule has 0 saturated heterocycles. The van der Waals surface area contributed by atoms with Crippen molar-refractivity contribution in [1.82, 2.24) is 15.5 Å². The molecule has 1 heterocycles. The lowest BCUT2D eigenvalue weighted by molar-refractivity contribution is 0.0946. The maximum atomic E-state index is 11.9. The summed E-state index contributed by atoms with van der Waals surface area (Å²) in [4.78, 5) is 11.9. The van der Waals surface area contributed by atoms with Crippen LogP contribution >= 0.6 is 0 Å². The first-order valence-electron chi connectivity index (χ1n) is 6.62. The predicted octanol–water partition coefficient (Wildman–Crippen LogP) is 2.05. The average molecular weight is 273 g/mol. The lowest BCUT2D eigenvalue weighted by atomic mass is 10.1. The van der Waals surface area contributed by atoms with Gasteiger partial charge in [0.15, 0.2) is 0 Å². The van der Waals surface area contributed by atoms with Gasteiger partial charge in [-0.15, -0.1) is 0 Å². The van der Waals surface area contributed by atoms with Crippen LogP contribution in [0.15, 0.2) is 30.3 Å². The van der Waals surface area contributed by atoms with E-state index in [2.05, 4.69) is 15.5 Å². The van der Waals surface area contributed by atoms with Crippen molar-refractivity contribution in [3.05, 3.63) is 52.8 Å². The number of H-pyrrole nitrogens is 1. The molecule has 0 spiro atoms. The predicted molar refractivity (Wildman–Crippen MR) is 76.3 cm³/mol. The number of carbonyl (C=O) groups is 1. The van der Waals surface area contributed by atoms with Crippen molar-refractivity contribution in [2.75, 3.05) is 7.11 Å². The minimum Gasteiger partial charge on any atom is -0.380 e. The highest BCUT2D eigenvalue weighted by Crippen LogP contribution is 2.07. The Bertz CT molecular complexity index is 578. The highest BCUT2D eigenvalue weighted by Gasteiger charge is 2.09. The Labute approximate surface area is 118 Å². The third kappa shape index (κ3) is 3.68. The van der Waals surface area contributed by atoms with Gasteiger partial charge in [0.05, 0.1) is 6.61 Å². The van der Waals surface area contributed by atoms with Crippen molar-refractivity contribution in [2.24, 2.45) is 0 Å². The van der Waals surface area contributed by atoms with Crippen LogP contribution in [0.1, 0.15) is 34.2 Å². The van der Waals surface area contributed by atoms with Gasteiger partial charge < -0.3 is 10.1 Å². The SMILES string of the molecule is CCc1cc(C(=O)NCc2cccc(COC)c2)n[nH]1. The van der Waals surface area contributed by atoms with Gasteiger partial charge in [0.1, 0.15) is 5.69 Å². The van der Waals surface area contributed by atoms with E-state index in [1.165, 1.54) is 0 Å². The van der Waals surface area contributed by atoms with Crippen LogP contribution in [0, 0.1) is 0 Å². The molecule has 20 heavy (non-hydrogen) atoms. The van der Waals surface area contributed by atoms with Gasteiger partial charge in [0, 0.05) is 19.3 Å². The first-order chi connectivity index (χ1) is 9.72. The number of ether oxygens (including phenoxy) is 1. The summed E-state index contributed by atoms with van der Waals surface area (Å²) in [5, 5.41) is 9.68. The van der Waals surface area contributed by atoms with E-state index in [9.17, 15) is 4.79 Å². The van der Waals surface area contributed by atoms with Crippen molar-refractivity contribution in [1.29, 1.82) is 0 Å². The third-order valence-corrected chi connectivity index (χ3v) is 3.00. The number of methoxy groups -OCH3 is 1. The summed E-state index contributed by atoms with van der Waals surface area (Å²) in [5.41, 5.74) is 3.51. The zero-order valence-electron chi connectivity index (χ0n) is 11.8. The van der Waals surface area contributed by atoms with Crippen molar-refractivity contribution in [3.63, 3.8) is 0 Å². The van der Waals surface area contributed by atoms with Crippen LogP contribution < -0.4 is 5.32 Å². The number of aryl methyl sites for hydroxylation is 1. The molecule has 0 aliphatic rings. The molecule has 2 N–H and O–H groups in total. The van der Waals surface area contributed by atoms with E-state index in [1.54, 1.807) is 13.2 Å². The first kappa shape index (κ1) is 14.3. The average Bonchev–Trinajstić information content (AvgIpc) is 2.94. The summed E-state index contributed by atoms with van der Waals surface area (Å²) in [6.45, 7) is 3.06. The fraction of sp³-hybridized carbons (Fsp3) is 0.333. The van der Waals surface area contributed by atoms with E-state index in [-0.39, 0.29) is 5.91 Å². The highest BCUT2D eigenvalue weighted by atomic mass is 16.5. The maximum Gasteiger partial charge on any atom is 0.272 e. The zero-order chi connectivity index (χ0) is 14.4. The summed E-state index contributed by atoms with van der Waals surface area (Å²) < 4.78 is 5.09. The molecule has 1 aromatic carbocycles. The monoisotopic (exact) mass is 273 g/mol. The van der Waals surface area contributed by atoms with Crippen LogP contribution in [-0.4, -0.2) is 23.2 Å². The Kier molecular flexibility index (Phi) is 4.90. The molecule has 0 bridgehead atoms. The molecule has 5 nitrogen and oxygen atoms in total. The van der Waals surface area contributed by atoms with Gasteiger partial charge in [-0.05, 0) is 23.6 Å². The summed E-state index contributed by atoms with van der Waals surface area (Å²) in [5.74, 6) is -0.168. The molecular weight excluding hydrogens is 254 g/mol. The Morgan fingerprint density at radius 2 is 2.15 bits per heavy atom. The van der Waals surface area contributed by atoms with Crippen molar-refractivity contribution < 1.29 is 9.53 Å². The molecule has 5 heteroatoms. The van der Waals surface area contributed by atoms with E-state index in [4.69, 9.17) is 4.74 Å². The smallest absolute Gasteiger partial charge is 0.272 e. The van der Waals surface area contributed by atoms with E-state index >= 15 is 0 Å². The number of carbonyl (C=O) groups excluding carboxylic acids is 1. The molecular formula is C15H19N3O2. The molecule has 0 saturated carbocycles. The second-order valence-electron chi connectivity index (χ2n) is 4.57. The molecule has 0 atom stereocenters. The summed E-state index contributed by atoms with van der Waals surface area (Å²) >= 11 is 0. The number of hydrogen-bond acceptors (Lipinski definition) is 3. The molecule has 0 radical (unpaired) electrons. The fourth-order valence-corrected chi connectivity index (χ4v) is 1.93. The number of hydrogen-bond donors (Lipinski definition) is 2. The summed E-state index contributed by atoms with van der Waals surface area (Å²) in [7, 11) is 1.66. The topological polar surface area (TPSA) is 67.0 Å². The molecule has 0 aliphatic carbocycles. The molecule has 1 aromatic heterocycles. The molecule has 0 unspecified atom stereocenters. The van der Waals surface area contributed by atoms with Crippen LogP contribution in [0.25, 0.3) is 0 Å². The minimum atomic E-state index is -0.168. The van der Waals surface area contributed by atoms with Gasteiger partial charge in [0.25, 0.3) is 5.91 Å². The van der Waals surface area contributed by atoms with E-state index in [0.29, 0.717) is 18.8 Å². The normalized spacial score (nSPS) is 10.5. The van der Waals surface area contributed by atoms with Crippen LogP contribution in [-0.2, 0) is 24.3 Å². The summed E-state index contributed by atoms with van der Waals surface area (Å²) in [6, 6.07) is 9.72. The minimum absolute atomic E-state index is 0.168. The standard InChI is InChI=1S/C15H19N3O2/c1-3-13-8-14(18-17-13)15(19)16-9-11-5-4-6-12(7-11)10-20-2/h4-8H,3,9-10H2,1-2H3,(H,16,19)(H,17,18). The van der Waals surface area contributed by atoms with Crippen LogP contribution in [0.4, 0.5) is 0 Å². The molecule has 106 valence electrons. The van der Waals surface area contributed by atoms with Crippen molar-refractivity contribution >= 4 is 5.91 Å². The van der Waals surface area contributed by atoms with Gasteiger partial charge in [-0.2, -0.15) is 5.10 Å². The maximum absolute atomic E-state index is 11.9. The van der Waals surface area contributed by atoms with Crippen molar-refractivity contribution in [3.8, 4) is 0 Å². The number of amides is 1. The van der Waals surface area contributed by atoms with Gasteiger partial charge in [0.2, 0.25) is 0 Å². The number of rotatable bonds is 6. The number of aromatic nitrogens is 2. The van der Waals surface area contributed by atoms with Crippen LogP contribution in [0.3, 0.4) is 0 Å². The van der Waals surface area contributed by atoms with Crippen LogP contribution in [0.5, 0.6) is 0 Å². The second kappa shape index (κ2) is 6.86. The lowest BCUT2D eigenvalue weighted by Gasteiger charge is -2.06. The van der Waals surface area contributed by atoms with Gasteiger partial charge in [-0.25, -0.2) is 0 Å². The third-order valence-electron chi connectivity index (χ3n) is 3.00. The van der Waals surface area contributed by atoms with Gasteiger partial charge in [-0.1, -0.05) is 31.2 Å². The number of nitrogens with zero attached hydrogens (tertiary/aromatic N) is 1.